The normalized spacial score (nSPS) is 11.4. The van der Waals surface area contributed by atoms with E-state index in [9.17, 15) is 13.6 Å². The monoisotopic (exact) mass is 330 g/mol. The fourth-order valence-corrected chi connectivity index (χ4v) is 2.34. The Morgan fingerprint density at radius 2 is 1.96 bits per heavy atom. The number of rotatable bonds is 9. The molecule has 0 spiro atoms. The van der Waals surface area contributed by atoms with Crippen LogP contribution in [0.5, 0.6) is 11.5 Å². The Kier molecular flexibility index (Phi) is 7.22. The molecule has 130 valence electrons. The molecule has 0 fully saturated rings. The smallest absolute Gasteiger partial charge is 0.387 e. The van der Waals surface area contributed by atoms with E-state index in [1.807, 2.05) is 13.8 Å². The minimum Gasteiger partial charge on any atom is -0.493 e. The number of hydrogen-bond acceptors (Lipinski definition) is 4. The minimum atomic E-state index is -2.95. The van der Waals surface area contributed by atoms with Gasteiger partial charge in [-0.25, -0.2) is 0 Å². The Bertz CT molecular complexity index is 512. The van der Waals surface area contributed by atoms with Gasteiger partial charge in [0.05, 0.1) is 12.5 Å². The van der Waals surface area contributed by atoms with E-state index in [0.717, 1.165) is 0 Å². The van der Waals surface area contributed by atoms with Gasteiger partial charge in [-0.1, -0.05) is 19.9 Å². The van der Waals surface area contributed by atoms with Crippen LogP contribution in [0.15, 0.2) is 18.2 Å². The molecule has 0 saturated heterocycles. The first kappa shape index (κ1) is 19.2. The van der Waals surface area contributed by atoms with E-state index in [0.29, 0.717) is 18.4 Å². The number of hydrogen-bond donors (Lipinski definition) is 2. The van der Waals surface area contributed by atoms with Crippen molar-refractivity contribution in [3.63, 3.8) is 0 Å². The molecule has 0 heterocycles. The van der Waals surface area contributed by atoms with Gasteiger partial charge in [0.2, 0.25) is 5.91 Å². The largest absolute Gasteiger partial charge is 0.493 e. The van der Waals surface area contributed by atoms with Crippen LogP contribution < -0.4 is 20.5 Å². The maximum Gasteiger partial charge on any atom is 0.387 e. The summed E-state index contributed by atoms with van der Waals surface area (Å²) in [6, 6.07) is 4.63. The summed E-state index contributed by atoms with van der Waals surface area (Å²) >= 11 is 0. The van der Waals surface area contributed by atoms with Crippen LogP contribution in [0.3, 0.4) is 0 Å². The Hall–Kier alpha value is -1.89. The first-order valence-corrected chi connectivity index (χ1v) is 7.52. The fourth-order valence-electron chi connectivity index (χ4n) is 2.34. The predicted octanol–water partition coefficient (Wildman–Crippen LogP) is 2.68. The number of amides is 1. The number of methoxy groups -OCH3 is 1. The van der Waals surface area contributed by atoms with Crippen molar-refractivity contribution in [1.29, 1.82) is 0 Å². The molecule has 23 heavy (non-hydrogen) atoms. The van der Waals surface area contributed by atoms with Crippen molar-refractivity contribution in [3.05, 3.63) is 23.8 Å². The second-order valence-electron chi connectivity index (χ2n) is 5.24. The van der Waals surface area contributed by atoms with Crippen LogP contribution in [0.4, 0.5) is 8.78 Å². The number of nitrogens with one attached hydrogen (secondary N) is 1. The summed E-state index contributed by atoms with van der Waals surface area (Å²) in [7, 11) is 1.37. The van der Waals surface area contributed by atoms with Gasteiger partial charge in [0.25, 0.3) is 0 Å². The lowest BCUT2D eigenvalue weighted by atomic mass is 9.81. The third kappa shape index (κ3) is 4.79. The zero-order chi connectivity index (χ0) is 17.5. The van der Waals surface area contributed by atoms with Gasteiger partial charge >= 0.3 is 6.61 Å². The van der Waals surface area contributed by atoms with E-state index in [4.69, 9.17) is 10.5 Å². The van der Waals surface area contributed by atoms with Gasteiger partial charge in [-0.2, -0.15) is 8.78 Å². The molecule has 0 aliphatic heterocycles. The van der Waals surface area contributed by atoms with Crippen LogP contribution in [-0.2, 0) is 11.3 Å². The third-order valence-corrected chi connectivity index (χ3v) is 4.12. The molecular weight excluding hydrogens is 306 g/mol. The molecule has 0 atom stereocenters. The molecule has 1 aromatic rings. The van der Waals surface area contributed by atoms with Gasteiger partial charge in [0.15, 0.2) is 11.5 Å². The molecule has 0 aliphatic carbocycles. The molecule has 0 aromatic heterocycles. The van der Waals surface area contributed by atoms with Crippen LogP contribution in [0.2, 0.25) is 0 Å². The van der Waals surface area contributed by atoms with Crippen molar-refractivity contribution in [2.75, 3.05) is 13.7 Å². The summed E-state index contributed by atoms with van der Waals surface area (Å²) in [5.74, 6) is 0.00117. The topological polar surface area (TPSA) is 73.6 Å². The van der Waals surface area contributed by atoms with Crippen molar-refractivity contribution in [2.24, 2.45) is 11.1 Å². The summed E-state index contributed by atoms with van der Waals surface area (Å²) in [5.41, 5.74) is 5.76. The molecule has 0 aliphatic rings. The van der Waals surface area contributed by atoms with Crippen molar-refractivity contribution in [1.82, 2.24) is 5.32 Å². The van der Waals surface area contributed by atoms with Gasteiger partial charge in [-0.3, -0.25) is 4.79 Å². The summed E-state index contributed by atoms with van der Waals surface area (Å²) in [5, 5.41) is 2.81. The number of carbonyl (C=O) groups excluding carboxylic acids is 1. The predicted molar refractivity (Wildman–Crippen MR) is 83.5 cm³/mol. The van der Waals surface area contributed by atoms with Gasteiger partial charge < -0.3 is 20.5 Å². The Morgan fingerprint density at radius 3 is 2.43 bits per heavy atom. The number of halogens is 2. The molecule has 5 nitrogen and oxygen atoms in total. The van der Waals surface area contributed by atoms with Gasteiger partial charge in [-0.05, 0) is 30.5 Å². The molecule has 0 saturated carbocycles. The zero-order valence-corrected chi connectivity index (χ0v) is 13.7. The van der Waals surface area contributed by atoms with Crippen molar-refractivity contribution in [3.8, 4) is 11.5 Å². The SMILES string of the molecule is CCC(CC)(CN)C(=O)NCc1ccc(OC)c(OC(F)F)c1. The lowest BCUT2D eigenvalue weighted by Gasteiger charge is -2.28. The van der Waals surface area contributed by atoms with E-state index in [-0.39, 0.29) is 30.5 Å². The third-order valence-electron chi connectivity index (χ3n) is 4.12. The standard InChI is InChI=1S/C16H24F2N2O3/c1-4-16(5-2,10-19)14(21)20-9-11-6-7-12(22-3)13(8-11)23-15(17)18/h6-8,15H,4-5,9-10,19H2,1-3H3,(H,20,21). The molecule has 7 heteroatoms. The molecule has 0 bridgehead atoms. The zero-order valence-electron chi connectivity index (χ0n) is 13.7. The van der Waals surface area contributed by atoms with Crippen LogP contribution in [-0.4, -0.2) is 26.2 Å². The van der Waals surface area contributed by atoms with E-state index in [2.05, 4.69) is 10.1 Å². The lowest BCUT2D eigenvalue weighted by molar-refractivity contribution is -0.131. The number of ether oxygens (including phenoxy) is 2. The lowest BCUT2D eigenvalue weighted by Crippen LogP contribution is -2.45. The van der Waals surface area contributed by atoms with Crippen LogP contribution >= 0.6 is 0 Å². The second kappa shape index (κ2) is 8.67. The van der Waals surface area contributed by atoms with E-state index in [1.165, 1.54) is 19.2 Å². The van der Waals surface area contributed by atoms with E-state index < -0.39 is 12.0 Å². The Morgan fingerprint density at radius 1 is 1.30 bits per heavy atom. The molecule has 0 radical (unpaired) electrons. The number of alkyl halides is 2. The van der Waals surface area contributed by atoms with Crippen molar-refractivity contribution in [2.45, 2.75) is 39.8 Å². The molecule has 0 unspecified atom stereocenters. The van der Waals surface area contributed by atoms with Gasteiger partial charge in [-0.15, -0.1) is 0 Å². The number of benzene rings is 1. The molecule has 1 aromatic carbocycles. The van der Waals surface area contributed by atoms with Crippen LogP contribution in [0, 0.1) is 5.41 Å². The van der Waals surface area contributed by atoms with Gasteiger partial charge in [0.1, 0.15) is 0 Å². The Labute approximate surface area is 135 Å². The van der Waals surface area contributed by atoms with Crippen molar-refractivity contribution >= 4 is 5.91 Å². The summed E-state index contributed by atoms with van der Waals surface area (Å²) in [4.78, 5) is 12.4. The molecule has 3 N–H and O–H groups in total. The molecular formula is C16H24F2N2O3. The first-order chi connectivity index (χ1) is 10.9. The van der Waals surface area contributed by atoms with Crippen molar-refractivity contribution < 1.29 is 23.0 Å². The average molecular weight is 330 g/mol. The van der Waals surface area contributed by atoms with E-state index >= 15 is 0 Å². The average Bonchev–Trinajstić information content (AvgIpc) is 2.54. The molecule has 1 rings (SSSR count). The first-order valence-electron chi connectivity index (χ1n) is 7.52. The maximum absolute atomic E-state index is 12.4. The highest BCUT2D eigenvalue weighted by atomic mass is 19.3. The summed E-state index contributed by atoms with van der Waals surface area (Å²) < 4.78 is 34.2. The number of carbonyl (C=O) groups is 1. The Balaban J connectivity index is 2.83. The van der Waals surface area contributed by atoms with Crippen LogP contribution in [0.1, 0.15) is 32.3 Å². The van der Waals surface area contributed by atoms with E-state index in [1.54, 1.807) is 6.07 Å². The second-order valence-corrected chi connectivity index (χ2v) is 5.24. The summed E-state index contributed by atoms with van der Waals surface area (Å²) in [6.07, 6.45) is 1.27. The number of nitrogens with two attached hydrogens (primary N) is 1. The minimum absolute atomic E-state index is 0.0645. The maximum atomic E-state index is 12.4. The highest BCUT2D eigenvalue weighted by Gasteiger charge is 2.32. The highest BCUT2D eigenvalue weighted by molar-refractivity contribution is 5.82. The fraction of sp³-hybridized carbons (Fsp3) is 0.562. The highest BCUT2D eigenvalue weighted by Crippen LogP contribution is 2.30. The summed E-state index contributed by atoms with van der Waals surface area (Å²) in [6.45, 7) is 1.34. The van der Waals surface area contributed by atoms with Crippen LogP contribution in [0.25, 0.3) is 0 Å². The van der Waals surface area contributed by atoms with Gasteiger partial charge in [0, 0.05) is 13.1 Å². The molecule has 1 amide bonds. The quantitative estimate of drug-likeness (QED) is 0.730.